The number of benzene rings is 2. The van der Waals surface area contributed by atoms with Gasteiger partial charge in [-0.15, -0.1) is 0 Å². The summed E-state index contributed by atoms with van der Waals surface area (Å²) in [6.45, 7) is 6.58. The van der Waals surface area contributed by atoms with Crippen molar-refractivity contribution in [1.82, 2.24) is 4.90 Å². The summed E-state index contributed by atoms with van der Waals surface area (Å²) in [5, 5.41) is 0. The molecule has 142 valence electrons. The molecule has 0 spiro atoms. The second-order valence-corrected chi connectivity index (χ2v) is 6.74. The standard InChI is InChI=1S/C22H25NO4/c1-4-15(2)17-9-11-18(12-10-17)27-16(3)26-14-13-23-21(24)19-7-5-6-8-20(19)22(23)25/h5-12,15-16H,4,13-14H2,1-3H3. The summed E-state index contributed by atoms with van der Waals surface area (Å²) in [7, 11) is 0. The van der Waals surface area contributed by atoms with Crippen LogP contribution in [-0.4, -0.2) is 36.2 Å². The summed E-state index contributed by atoms with van der Waals surface area (Å²) in [4.78, 5) is 25.8. The van der Waals surface area contributed by atoms with Crippen molar-refractivity contribution in [3.8, 4) is 5.75 Å². The summed E-state index contributed by atoms with van der Waals surface area (Å²) in [5.74, 6) is 0.712. The topological polar surface area (TPSA) is 55.8 Å². The maximum atomic E-state index is 12.3. The molecule has 0 radical (unpaired) electrons. The van der Waals surface area contributed by atoms with E-state index >= 15 is 0 Å². The second kappa shape index (κ2) is 8.35. The Morgan fingerprint density at radius 2 is 1.52 bits per heavy atom. The van der Waals surface area contributed by atoms with Crippen molar-refractivity contribution in [2.24, 2.45) is 0 Å². The van der Waals surface area contributed by atoms with Crippen LogP contribution in [-0.2, 0) is 4.74 Å². The first-order valence-electron chi connectivity index (χ1n) is 9.34. The molecular formula is C22H25NO4. The SMILES string of the molecule is CCC(C)c1ccc(OC(C)OCCN2C(=O)c3ccccc3C2=O)cc1. The third-order valence-electron chi connectivity index (χ3n) is 4.91. The van der Waals surface area contributed by atoms with Crippen LogP contribution in [0.2, 0.25) is 0 Å². The average molecular weight is 367 g/mol. The zero-order valence-corrected chi connectivity index (χ0v) is 16.0. The molecule has 0 saturated carbocycles. The Morgan fingerprint density at radius 3 is 2.07 bits per heavy atom. The molecule has 5 nitrogen and oxygen atoms in total. The van der Waals surface area contributed by atoms with Crippen molar-refractivity contribution in [2.45, 2.75) is 39.4 Å². The minimum absolute atomic E-state index is 0.201. The molecule has 0 N–H and O–H groups in total. The quantitative estimate of drug-likeness (QED) is 0.517. The zero-order chi connectivity index (χ0) is 19.4. The van der Waals surface area contributed by atoms with Gasteiger partial charge in [0, 0.05) is 0 Å². The van der Waals surface area contributed by atoms with Crippen LogP contribution in [0.3, 0.4) is 0 Å². The molecule has 2 aromatic rings. The Balaban J connectivity index is 1.48. The molecular weight excluding hydrogens is 342 g/mol. The molecule has 2 unspecified atom stereocenters. The van der Waals surface area contributed by atoms with Crippen molar-refractivity contribution in [2.75, 3.05) is 13.2 Å². The number of fused-ring (bicyclic) bond motifs is 1. The van der Waals surface area contributed by atoms with Gasteiger partial charge >= 0.3 is 0 Å². The molecule has 5 heteroatoms. The van der Waals surface area contributed by atoms with Crippen LogP contribution >= 0.6 is 0 Å². The van der Waals surface area contributed by atoms with E-state index in [2.05, 4.69) is 26.0 Å². The summed E-state index contributed by atoms with van der Waals surface area (Å²) in [6.07, 6.45) is 0.618. The van der Waals surface area contributed by atoms with Gasteiger partial charge in [0.15, 0.2) is 6.29 Å². The fourth-order valence-corrected chi connectivity index (χ4v) is 3.09. The van der Waals surface area contributed by atoms with Gasteiger partial charge in [-0.3, -0.25) is 14.5 Å². The van der Waals surface area contributed by atoms with Gasteiger partial charge in [0.05, 0.1) is 24.3 Å². The van der Waals surface area contributed by atoms with Crippen LogP contribution in [0, 0.1) is 0 Å². The average Bonchev–Trinajstić information content (AvgIpc) is 2.93. The maximum absolute atomic E-state index is 12.3. The van der Waals surface area contributed by atoms with E-state index in [1.807, 2.05) is 12.1 Å². The van der Waals surface area contributed by atoms with Crippen molar-refractivity contribution in [1.29, 1.82) is 0 Å². The first-order chi connectivity index (χ1) is 13.0. The smallest absolute Gasteiger partial charge is 0.261 e. The fourth-order valence-electron chi connectivity index (χ4n) is 3.09. The normalized spacial score (nSPS) is 15.6. The van der Waals surface area contributed by atoms with Gasteiger partial charge < -0.3 is 9.47 Å². The summed E-state index contributed by atoms with van der Waals surface area (Å²) >= 11 is 0. The Labute approximate surface area is 159 Å². The summed E-state index contributed by atoms with van der Waals surface area (Å²) in [6, 6.07) is 14.9. The largest absolute Gasteiger partial charge is 0.465 e. The lowest BCUT2D eigenvalue weighted by Crippen LogP contribution is -2.34. The highest BCUT2D eigenvalue weighted by Gasteiger charge is 2.34. The molecule has 1 aliphatic heterocycles. The molecule has 0 saturated heterocycles. The van der Waals surface area contributed by atoms with Gasteiger partial charge in [-0.1, -0.05) is 38.1 Å². The van der Waals surface area contributed by atoms with E-state index < -0.39 is 6.29 Å². The molecule has 0 aromatic heterocycles. The Kier molecular flexibility index (Phi) is 5.91. The lowest BCUT2D eigenvalue weighted by molar-refractivity contribution is -0.0689. The first kappa shape index (κ1) is 19.1. The predicted octanol–water partition coefficient (Wildman–Crippen LogP) is 4.24. The highest BCUT2D eigenvalue weighted by atomic mass is 16.7. The number of nitrogens with zero attached hydrogens (tertiary/aromatic N) is 1. The maximum Gasteiger partial charge on any atom is 0.261 e. The van der Waals surface area contributed by atoms with Crippen LogP contribution in [0.15, 0.2) is 48.5 Å². The van der Waals surface area contributed by atoms with Gasteiger partial charge in [-0.2, -0.15) is 0 Å². The monoisotopic (exact) mass is 367 g/mol. The van der Waals surface area contributed by atoms with Gasteiger partial charge in [-0.05, 0) is 49.1 Å². The first-order valence-corrected chi connectivity index (χ1v) is 9.34. The highest BCUT2D eigenvalue weighted by Crippen LogP contribution is 2.23. The van der Waals surface area contributed by atoms with Crippen LogP contribution < -0.4 is 4.74 Å². The second-order valence-electron chi connectivity index (χ2n) is 6.74. The van der Waals surface area contributed by atoms with E-state index in [-0.39, 0.29) is 25.0 Å². The van der Waals surface area contributed by atoms with Crippen LogP contribution in [0.5, 0.6) is 5.75 Å². The molecule has 2 atom stereocenters. The Morgan fingerprint density at radius 1 is 0.926 bits per heavy atom. The third kappa shape index (κ3) is 4.19. The van der Waals surface area contributed by atoms with E-state index in [0.29, 0.717) is 17.0 Å². The minimum atomic E-state index is -0.477. The number of amides is 2. The molecule has 1 heterocycles. The van der Waals surface area contributed by atoms with E-state index in [4.69, 9.17) is 9.47 Å². The van der Waals surface area contributed by atoms with Crippen LogP contribution in [0.1, 0.15) is 59.4 Å². The number of hydrogen-bond donors (Lipinski definition) is 0. The van der Waals surface area contributed by atoms with Crippen LogP contribution in [0.4, 0.5) is 0 Å². The number of ether oxygens (including phenoxy) is 2. The molecule has 0 aliphatic carbocycles. The molecule has 0 bridgehead atoms. The molecule has 2 aromatic carbocycles. The molecule has 1 aliphatic rings. The molecule has 27 heavy (non-hydrogen) atoms. The van der Waals surface area contributed by atoms with Gasteiger partial charge in [0.1, 0.15) is 5.75 Å². The van der Waals surface area contributed by atoms with Gasteiger partial charge in [-0.25, -0.2) is 0 Å². The Hall–Kier alpha value is -2.66. The number of imide groups is 1. The zero-order valence-electron chi connectivity index (χ0n) is 16.0. The molecule has 3 rings (SSSR count). The van der Waals surface area contributed by atoms with Crippen molar-refractivity contribution in [3.63, 3.8) is 0 Å². The van der Waals surface area contributed by atoms with E-state index in [9.17, 15) is 9.59 Å². The number of hydrogen-bond acceptors (Lipinski definition) is 4. The fraction of sp³-hybridized carbons (Fsp3) is 0.364. The number of rotatable bonds is 8. The van der Waals surface area contributed by atoms with Crippen molar-refractivity contribution < 1.29 is 19.1 Å². The predicted molar refractivity (Wildman–Crippen MR) is 103 cm³/mol. The summed E-state index contributed by atoms with van der Waals surface area (Å²) < 4.78 is 11.4. The summed E-state index contributed by atoms with van der Waals surface area (Å²) in [5.41, 5.74) is 2.19. The van der Waals surface area contributed by atoms with E-state index in [1.54, 1.807) is 31.2 Å². The molecule has 2 amide bonds. The van der Waals surface area contributed by atoms with E-state index in [0.717, 1.165) is 12.2 Å². The minimum Gasteiger partial charge on any atom is -0.465 e. The van der Waals surface area contributed by atoms with Crippen molar-refractivity contribution >= 4 is 11.8 Å². The lowest BCUT2D eigenvalue weighted by Gasteiger charge is -2.18. The number of carbonyl (C=O) groups is 2. The van der Waals surface area contributed by atoms with Crippen LogP contribution in [0.25, 0.3) is 0 Å². The molecule has 0 fully saturated rings. The number of carbonyl (C=O) groups excluding carboxylic acids is 2. The van der Waals surface area contributed by atoms with Gasteiger partial charge in [0.2, 0.25) is 0 Å². The van der Waals surface area contributed by atoms with Gasteiger partial charge in [0.25, 0.3) is 11.8 Å². The lowest BCUT2D eigenvalue weighted by atomic mass is 9.99. The van der Waals surface area contributed by atoms with Crippen molar-refractivity contribution in [3.05, 3.63) is 65.2 Å². The third-order valence-corrected chi connectivity index (χ3v) is 4.91. The highest BCUT2D eigenvalue weighted by molar-refractivity contribution is 6.21. The Bertz CT molecular complexity index is 780. The van der Waals surface area contributed by atoms with E-state index in [1.165, 1.54) is 10.5 Å².